The van der Waals surface area contributed by atoms with Gasteiger partial charge in [-0.15, -0.1) is 0 Å². The molecule has 0 bridgehead atoms. The summed E-state index contributed by atoms with van der Waals surface area (Å²) in [5, 5.41) is 3.57. The van der Waals surface area contributed by atoms with Crippen LogP contribution in [0.2, 0.25) is 0 Å². The minimum absolute atomic E-state index is 0.200. The molecule has 2 aliphatic rings. The van der Waals surface area contributed by atoms with Gasteiger partial charge < -0.3 is 19.3 Å². The third-order valence-corrected chi connectivity index (χ3v) is 9.81. The van der Waals surface area contributed by atoms with Crippen molar-refractivity contribution < 1.29 is 19.1 Å². The molecule has 6 atom stereocenters. The third kappa shape index (κ3) is 5.60. The minimum Gasteiger partial charge on any atom is -0.469 e. The topological polar surface area (TPSA) is 71.1 Å². The van der Waals surface area contributed by atoms with Gasteiger partial charge in [0, 0.05) is 23.3 Å². The second-order valence-electron chi connectivity index (χ2n) is 12.3. The van der Waals surface area contributed by atoms with Crippen molar-refractivity contribution in [3.05, 3.63) is 168 Å². The molecule has 0 unspecified atom stereocenters. The number of nitrogens with one attached hydrogen (secondary N) is 1. The molecule has 1 N–H and O–H groups in total. The van der Waals surface area contributed by atoms with E-state index in [1.165, 1.54) is 14.2 Å². The first-order chi connectivity index (χ1) is 23.6. The number of benzene rings is 5. The highest BCUT2D eigenvalue weighted by molar-refractivity contribution is 5.83. The first-order valence-electron chi connectivity index (χ1n) is 16.4. The van der Waals surface area contributed by atoms with Crippen LogP contribution in [0.1, 0.15) is 34.8 Å². The number of esters is 2. The molecule has 0 aliphatic carbocycles. The molecule has 48 heavy (non-hydrogen) atoms. The standard InChI is InChI=1S/C41H39N3O4/c1-47-40(45)34-33(36(41(46)48-2)42-35(34)28-18-8-3-9-19-28)39-43(31-24-14-6-15-25-31)37(29-20-10-4-11-21-29)38(30-22-12-5-13-23-30)44(39)32-26-16-7-17-27-32/h3-27,33-39,42H,1-2H3/t33-,34-,35-,36-,37+,38+/m1/s1. The molecule has 0 saturated carbocycles. The highest BCUT2D eigenvalue weighted by atomic mass is 16.5. The molecule has 5 aromatic carbocycles. The molecular formula is C41H39N3O4. The summed E-state index contributed by atoms with van der Waals surface area (Å²) in [6.45, 7) is 0. The van der Waals surface area contributed by atoms with Crippen LogP contribution in [-0.2, 0) is 19.1 Å². The number of carbonyl (C=O) groups excluding carboxylic acids is 2. The maximum absolute atomic E-state index is 14.2. The van der Waals surface area contributed by atoms with Crippen LogP contribution in [0.25, 0.3) is 0 Å². The summed E-state index contributed by atoms with van der Waals surface area (Å²) >= 11 is 0. The van der Waals surface area contributed by atoms with Gasteiger partial charge in [-0.05, 0) is 41.0 Å². The van der Waals surface area contributed by atoms with E-state index < -0.39 is 36.1 Å². The van der Waals surface area contributed by atoms with Gasteiger partial charge in [-0.25, -0.2) is 0 Å². The smallest absolute Gasteiger partial charge is 0.323 e. The normalized spacial score (nSPS) is 24.0. The molecule has 0 amide bonds. The van der Waals surface area contributed by atoms with Gasteiger partial charge in [0.2, 0.25) is 0 Å². The van der Waals surface area contributed by atoms with Crippen LogP contribution < -0.4 is 15.1 Å². The summed E-state index contributed by atoms with van der Waals surface area (Å²) in [5.74, 6) is -2.13. The zero-order valence-corrected chi connectivity index (χ0v) is 27.0. The quantitative estimate of drug-likeness (QED) is 0.182. The average molecular weight is 638 g/mol. The number of rotatable bonds is 8. The second kappa shape index (κ2) is 13.8. The van der Waals surface area contributed by atoms with E-state index in [2.05, 4.69) is 87.9 Å². The number of hydrogen-bond donors (Lipinski definition) is 1. The zero-order chi connectivity index (χ0) is 33.0. The molecule has 7 nitrogen and oxygen atoms in total. The van der Waals surface area contributed by atoms with E-state index in [0.717, 1.165) is 28.1 Å². The number of ether oxygens (including phenoxy) is 2. The summed E-state index contributed by atoms with van der Waals surface area (Å²) in [6, 6.07) is 49.7. The number of nitrogens with zero attached hydrogens (tertiary/aromatic N) is 2. The summed E-state index contributed by atoms with van der Waals surface area (Å²) in [7, 11) is 2.83. The van der Waals surface area contributed by atoms with Crippen LogP contribution in [0.5, 0.6) is 0 Å². The summed E-state index contributed by atoms with van der Waals surface area (Å²) in [4.78, 5) is 32.9. The number of anilines is 2. The van der Waals surface area contributed by atoms with E-state index in [-0.39, 0.29) is 18.1 Å². The van der Waals surface area contributed by atoms with E-state index in [9.17, 15) is 9.59 Å². The minimum atomic E-state index is -0.822. The molecule has 242 valence electrons. The zero-order valence-electron chi connectivity index (χ0n) is 27.0. The molecule has 2 saturated heterocycles. The summed E-state index contributed by atoms with van der Waals surface area (Å²) < 4.78 is 11.1. The van der Waals surface area contributed by atoms with Gasteiger partial charge >= 0.3 is 11.9 Å². The molecule has 2 fully saturated rings. The molecule has 7 heteroatoms. The van der Waals surface area contributed by atoms with Gasteiger partial charge in [-0.2, -0.15) is 0 Å². The Balaban J connectivity index is 1.54. The molecule has 2 aliphatic heterocycles. The Labute approximate surface area is 281 Å². The largest absolute Gasteiger partial charge is 0.469 e. The Hall–Kier alpha value is -5.40. The van der Waals surface area contributed by atoms with Crippen molar-refractivity contribution in [1.82, 2.24) is 5.32 Å². The fraction of sp³-hybridized carbons (Fsp3) is 0.220. The van der Waals surface area contributed by atoms with Crippen molar-refractivity contribution >= 4 is 23.3 Å². The summed E-state index contributed by atoms with van der Waals surface area (Å²) in [5.41, 5.74) is 5.10. The van der Waals surface area contributed by atoms with E-state index >= 15 is 0 Å². The molecule has 5 aromatic rings. The molecule has 7 rings (SSSR count). The van der Waals surface area contributed by atoms with Crippen molar-refractivity contribution in [1.29, 1.82) is 0 Å². The fourth-order valence-corrected chi connectivity index (χ4v) is 7.89. The maximum Gasteiger partial charge on any atom is 0.323 e. The molecule has 0 aromatic heterocycles. The highest BCUT2D eigenvalue weighted by Crippen LogP contribution is 2.56. The SMILES string of the molecule is COC(=O)[C@@H]1[C@@H](C2N(c3ccccc3)[C@@H](c3ccccc3)[C@H](c3ccccc3)N2c2ccccc2)[C@H](C(=O)OC)N[C@@H]1c1ccccc1. The van der Waals surface area contributed by atoms with Crippen molar-refractivity contribution in [3.63, 3.8) is 0 Å². The van der Waals surface area contributed by atoms with Gasteiger partial charge in [0.25, 0.3) is 0 Å². The van der Waals surface area contributed by atoms with Crippen LogP contribution >= 0.6 is 0 Å². The van der Waals surface area contributed by atoms with Crippen LogP contribution in [0.15, 0.2) is 152 Å². The summed E-state index contributed by atoms with van der Waals surface area (Å²) in [6.07, 6.45) is -0.500. The monoisotopic (exact) mass is 637 g/mol. The van der Waals surface area contributed by atoms with E-state index in [4.69, 9.17) is 9.47 Å². The number of methoxy groups -OCH3 is 2. The van der Waals surface area contributed by atoms with E-state index in [1.807, 2.05) is 78.9 Å². The van der Waals surface area contributed by atoms with Crippen molar-refractivity contribution in [3.8, 4) is 0 Å². The number of para-hydroxylation sites is 2. The van der Waals surface area contributed by atoms with Gasteiger partial charge in [0.1, 0.15) is 12.2 Å². The van der Waals surface area contributed by atoms with Gasteiger partial charge in [-0.1, -0.05) is 127 Å². The van der Waals surface area contributed by atoms with Crippen LogP contribution in [0, 0.1) is 11.8 Å². The van der Waals surface area contributed by atoms with E-state index in [0.29, 0.717) is 0 Å². The van der Waals surface area contributed by atoms with Gasteiger partial charge in [0.05, 0.1) is 32.2 Å². The van der Waals surface area contributed by atoms with Crippen LogP contribution in [0.4, 0.5) is 11.4 Å². The Kier molecular flexibility index (Phi) is 8.95. The van der Waals surface area contributed by atoms with E-state index in [1.54, 1.807) is 0 Å². The predicted molar refractivity (Wildman–Crippen MR) is 187 cm³/mol. The first kappa shape index (κ1) is 31.2. The number of hydrogen-bond acceptors (Lipinski definition) is 7. The lowest BCUT2D eigenvalue weighted by Gasteiger charge is -2.41. The second-order valence-corrected chi connectivity index (χ2v) is 12.3. The predicted octanol–water partition coefficient (Wildman–Crippen LogP) is 7.11. The first-order valence-corrected chi connectivity index (χ1v) is 16.4. The Bertz CT molecular complexity index is 1720. The lowest BCUT2D eigenvalue weighted by molar-refractivity contribution is -0.148. The van der Waals surface area contributed by atoms with Crippen LogP contribution in [-0.4, -0.2) is 38.4 Å². The Morgan fingerprint density at radius 2 is 0.896 bits per heavy atom. The fourth-order valence-electron chi connectivity index (χ4n) is 7.89. The molecule has 0 spiro atoms. The van der Waals surface area contributed by atoms with Gasteiger partial charge in [0.15, 0.2) is 0 Å². The molecule has 2 heterocycles. The lowest BCUT2D eigenvalue weighted by atomic mass is 9.81. The van der Waals surface area contributed by atoms with Crippen LogP contribution in [0.3, 0.4) is 0 Å². The molecular weight excluding hydrogens is 598 g/mol. The third-order valence-electron chi connectivity index (χ3n) is 9.81. The van der Waals surface area contributed by atoms with Crippen molar-refractivity contribution in [2.24, 2.45) is 11.8 Å². The van der Waals surface area contributed by atoms with Crippen molar-refractivity contribution in [2.45, 2.75) is 30.3 Å². The van der Waals surface area contributed by atoms with Gasteiger partial charge in [-0.3, -0.25) is 14.9 Å². The lowest BCUT2D eigenvalue weighted by Crippen LogP contribution is -2.54. The Morgan fingerprint density at radius 1 is 0.521 bits per heavy atom. The Morgan fingerprint density at radius 3 is 1.29 bits per heavy atom. The maximum atomic E-state index is 14.2. The number of carbonyl (C=O) groups is 2. The highest BCUT2D eigenvalue weighted by Gasteiger charge is 2.61. The molecule has 0 radical (unpaired) electrons. The van der Waals surface area contributed by atoms with Crippen molar-refractivity contribution in [2.75, 3.05) is 24.0 Å². The average Bonchev–Trinajstić information content (AvgIpc) is 3.73.